The number of rotatable bonds is 4. The van der Waals surface area contributed by atoms with Gasteiger partial charge in [-0.2, -0.15) is 0 Å². The van der Waals surface area contributed by atoms with Crippen LogP contribution < -0.4 is 0 Å². The Kier molecular flexibility index (Phi) is 4.75. The third kappa shape index (κ3) is 2.73. The molecule has 0 aromatic carbocycles. The topological polar surface area (TPSA) is 0 Å². The predicted octanol–water partition coefficient (Wildman–Crippen LogP) is 5.15. The normalized spacial score (nSPS) is 12.4. The van der Waals surface area contributed by atoms with Gasteiger partial charge in [-0.25, -0.2) is 0 Å². The van der Waals surface area contributed by atoms with Gasteiger partial charge in [0.15, 0.2) is 0 Å². The van der Waals surface area contributed by atoms with Gasteiger partial charge in [-0.1, -0.05) is 37.3 Å². The molecular weight excluding hydrogens is 212 g/mol. The fourth-order valence-corrected chi connectivity index (χ4v) is 2.72. The van der Waals surface area contributed by atoms with Crippen molar-refractivity contribution in [2.75, 3.05) is 0 Å². The SMILES string of the molecule is C=C(C)/C(=C\C=C/C)c1c(CC)csc1C. The van der Waals surface area contributed by atoms with Crippen LogP contribution in [0.25, 0.3) is 5.57 Å². The fourth-order valence-electron chi connectivity index (χ4n) is 1.76. The van der Waals surface area contributed by atoms with Gasteiger partial charge in [0.2, 0.25) is 0 Å². The smallest absolute Gasteiger partial charge is 0.00955 e. The summed E-state index contributed by atoms with van der Waals surface area (Å²) in [6, 6.07) is 0. The molecule has 0 unspecified atom stereocenters. The van der Waals surface area contributed by atoms with Crippen molar-refractivity contribution in [2.24, 2.45) is 0 Å². The molecule has 0 saturated carbocycles. The highest BCUT2D eigenvalue weighted by atomic mass is 32.1. The highest BCUT2D eigenvalue weighted by Crippen LogP contribution is 2.32. The van der Waals surface area contributed by atoms with Gasteiger partial charge in [0.05, 0.1) is 0 Å². The van der Waals surface area contributed by atoms with Crippen molar-refractivity contribution in [1.82, 2.24) is 0 Å². The average Bonchev–Trinajstić information content (AvgIpc) is 2.61. The zero-order valence-corrected chi connectivity index (χ0v) is 11.4. The van der Waals surface area contributed by atoms with E-state index in [0.29, 0.717) is 0 Å². The van der Waals surface area contributed by atoms with Gasteiger partial charge in [-0.3, -0.25) is 0 Å². The van der Waals surface area contributed by atoms with Crippen molar-refractivity contribution in [2.45, 2.75) is 34.1 Å². The maximum Gasteiger partial charge on any atom is 0.00955 e. The summed E-state index contributed by atoms with van der Waals surface area (Å²) in [5, 5.41) is 2.26. The first-order valence-corrected chi connectivity index (χ1v) is 6.56. The van der Waals surface area contributed by atoms with E-state index in [1.54, 1.807) is 0 Å². The van der Waals surface area contributed by atoms with Gasteiger partial charge in [-0.15, -0.1) is 11.3 Å². The van der Waals surface area contributed by atoms with E-state index in [0.717, 1.165) is 12.0 Å². The number of allylic oxidation sites excluding steroid dienone is 5. The standard InChI is InChI=1S/C15H20S/c1-6-8-9-14(11(3)4)15-12(5)16-10-13(15)7-2/h6,8-10H,3,7H2,1-2,4-5H3/b8-6-,14-9+. The second-order valence-electron chi connectivity index (χ2n) is 3.93. The summed E-state index contributed by atoms with van der Waals surface area (Å²) in [6.07, 6.45) is 7.38. The monoisotopic (exact) mass is 232 g/mol. The summed E-state index contributed by atoms with van der Waals surface area (Å²) >= 11 is 1.83. The van der Waals surface area contributed by atoms with Gasteiger partial charge < -0.3 is 0 Å². The van der Waals surface area contributed by atoms with Crippen molar-refractivity contribution in [1.29, 1.82) is 0 Å². The van der Waals surface area contributed by atoms with E-state index in [1.807, 2.05) is 18.3 Å². The molecule has 0 radical (unpaired) electrons. The second kappa shape index (κ2) is 5.86. The Labute approximate surface area is 103 Å². The largest absolute Gasteiger partial charge is 0.148 e. The van der Waals surface area contributed by atoms with E-state index >= 15 is 0 Å². The summed E-state index contributed by atoms with van der Waals surface area (Å²) in [4.78, 5) is 1.38. The molecule has 0 atom stereocenters. The lowest BCUT2D eigenvalue weighted by Gasteiger charge is -2.09. The Morgan fingerprint density at radius 3 is 2.69 bits per heavy atom. The highest BCUT2D eigenvalue weighted by molar-refractivity contribution is 7.10. The average molecular weight is 232 g/mol. The van der Waals surface area contributed by atoms with Crippen molar-refractivity contribution in [3.05, 3.63) is 51.8 Å². The lowest BCUT2D eigenvalue weighted by atomic mass is 9.95. The molecule has 86 valence electrons. The molecular formula is C15H20S. The Balaban J connectivity index is 3.31. The first-order valence-electron chi connectivity index (χ1n) is 5.68. The zero-order chi connectivity index (χ0) is 12.1. The van der Waals surface area contributed by atoms with Crippen LogP contribution in [0.5, 0.6) is 0 Å². The number of thiophene rings is 1. The Hall–Kier alpha value is -1.08. The molecule has 0 N–H and O–H groups in total. The van der Waals surface area contributed by atoms with Gasteiger partial charge >= 0.3 is 0 Å². The minimum absolute atomic E-state index is 1.08. The fraction of sp³-hybridized carbons (Fsp3) is 0.333. The molecule has 1 aromatic heterocycles. The number of hydrogen-bond donors (Lipinski definition) is 0. The summed E-state index contributed by atoms with van der Waals surface area (Å²) in [5.41, 5.74) is 5.22. The molecule has 1 rings (SSSR count). The maximum atomic E-state index is 4.08. The molecule has 16 heavy (non-hydrogen) atoms. The number of hydrogen-bond acceptors (Lipinski definition) is 1. The quantitative estimate of drug-likeness (QED) is 0.629. The Morgan fingerprint density at radius 1 is 1.50 bits per heavy atom. The Bertz CT molecular complexity index is 430. The van der Waals surface area contributed by atoms with Crippen LogP contribution in [0.4, 0.5) is 0 Å². The summed E-state index contributed by atoms with van der Waals surface area (Å²) in [6.45, 7) is 12.6. The third-order valence-corrected chi connectivity index (χ3v) is 3.58. The molecule has 0 aliphatic rings. The molecule has 0 saturated heterocycles. The third-order valence-electron chi connectivity index (χ3n) is 2.62. The van der Waals surface area contributed by atoms with Crippen molar-refractivity contribution < 1.29 is 0 Å². The van der Waals surface area contributed by atoms with E-state index < -0.39 is 0 Å². The molecule has 0 nitrogen and oxygen atoms in total. The first kappa shape index (κ1) is 13.0. The lowest BCUT2D eigenvalue weighted by molar-refractivity contribution is 1.14. The van der Waals surface area contributed by atoms with Crippen molar-refractivity contribution in [3.63, 3.8) is 0 Å². The molecule has 1 heteroatoms. The van der Waals surface area contributed by atoms with E-state index in [4.69, 9.17) is 0 Å². The van der Waals surface area contributed by atoms with Gasteiger partial charge in [-0.05, 0) is 49.3 Å². The highest BCUT2D eigenvalue weighted by Gasteiger charge is 2.11. The molecule has 0 aliphatic carbocycles. The minimum atomic E-state index is 1.08. The molecule has 1 heterocycles. The summed E-state index contributed by atoms with van der Waals surface area (Å²) in [5.74, 6) is 0. The van der Waals surface area contributed by atoms with Crippen LogP contribution in [-0.2, 0) is 6.42 Å². The van der Waals surface area contributed by atoms with Crippen molar-refractivity contribution >= 4 is 16.9 Å². The van der Waals surface area contributed by atoms with Gasteiger partial charge in [0.1, 0.15) is 0 Å². The second-order valence-corrected chi connectivity index (χ2v) is 5.02. The molecule has 0 bridgehead atoms. The van der Waals surface area contributed by atoms with Gasteiger partial charge in [0, 0.05) is 4.88 Å². The van der Waals surface area contributed by atoms with Gasteiger partial charge in [0.25, 0.3) is 0 Å². The van der Waals surface area contributed by atoms with Crippen LogP contribution in [0.3, 0.4) is 0 Å². The maximum absolute atomic E-state index is 4.08. The Morgan fingerprint density at radius 2 is 2.19 bits per heavy atom. The zero-order valence-electron chi connectivity index (χ0n) is 10.6. The van der Waals surface area contributed by atoms with Crippen molar-refractivity contribution in [3.8, 4) is 0 Å². The summed E-state index contributed by atoms with van der Waals surface area (Å²) in [7, 11) is 0. The lowest BCUT2D eigenvalue weighted by Crippen LogP contribution is -1.91. The van der Waals surface area contributed by atoms with E-state index in [1.165, 1.54) is 21.6 Å². The van der Waals surface area contributed by atoms with Crippen LogP contribution in [0.2, 0.25) is 0 Å². The number of aryl methyl sites for hydroxylation is 2. The molecule has 0 amide bonds. The van der Waals surface area contributed by atoms with E-state index in [2.05, 4.69) is 51.0 Å². The van der Waals surface area contributed by atoms with Crippen LogP contribution in [-0.4, -0.2) is 0 Å². The molecule has 1 aromatic rings. The van der Waals surface area contributed by atoms with E-state index in [9.17, 15) is 0 Å². The van der Waals surface area contributed by atoms with Crippen LogP contribution in [0.15, 0.2) is 35.8 Å². The predicted molar refractivity (Wildman–Crippen MR) is 76.0 cm³/mol. The minimum Gasteiger partial charge on any atom is -0.148 e. The van der Waals surface area contributed by atoms with Crippen LogP contribution >= 0.6 is 11.3 Å². The first-order chi connectivity index (χ1) is 7.61. The molecule has 0 spiro atoms. The molecule has 0 aliphatic heterocycles. The molecule has 0 fully saturated rings. The van der Waals surface area contributed by atoms with E-state index in [-0.39, 0.29) is 0 Å². The summed E-state index contributed by atoms with van der Waals surface area (Å²) < 4.78 is 0. The van der Waals surface area contributed by atoms with Crippen LogP contribution in [0.1, 0.15) is 36.8 Å². The van der Waals surface area contributed by atoms with Crippen LogP contribution in [0, 0.1) is 6.92 Å².